The molecule has 0 saturated heterocycles. The molecule has 0 saturated carbocycles. The highest BCUT2D eigenvalue weighted by molar-refractivity contribution is 5.46. The smallest absolute Gasteiger partial charge is 0.149 e. The van der Waals surface area contributed by atoms with Gasteiger partial charge in [-0.3, -0.25) is 0 Å². The van der Waals surface area contributed by atoms with Crippen LogP contribution in [0.3, 0.4) is 0 Å². The third-order valence-electron chi connectivity index (χ3n) is 2.71. The molecule has 0 aliphatic carbocycles. The molecule has 0 fully saturated rings. The van der Waals surface area contributed by atoms with Crippen LogP contribution in [0, 0.1) is 11.6 Å². The molecule has 2 aromatic rings. The van der Waals surface area contributed by atoms with Crippen molar-refractivity contribution in [3.8, 4) is 0 Å². The van der Waals surface area contributed by atoms with Gasteiger partial charge in [0.1, 0.15) is 17.3 Å². The third-order valence-corrected chi connectivity index (χ3v) is 2.71. The lowest BCUT2D eigenvalue weighted by Gasteiger charge is -2.13. The van der Waals surface area contributed by atoms with E-state index < -0.39 is 11.6 Å². The number of para-hydroxylation sites is 1. The van der Waals surface area contributed by atoms with Crippen molar-refractivity contribution < 1.29 is 8.78 Å². The van der Waals surface area contributed by atoms with Crippen molar-refractivity contribution in [2.24, 2.45) is 0 Å². The summed E-state index contributed by atoms with van der Waals surface area (Å²) in [6.07, 6.45) is 3.39. The van der Waals surface area contributed by atoms with E-state index in [2.05, 4.69) is 10.3 Å². The number of hydrogen-bond donors (Lipinski definition) is 1. The zero-order valence-electron chi connectivity index (χ0n) is 10.3. The van der Waals surface area contributed by atoms with Gasteiger partial charge in [0.15, 0.2) is 0 Å². The number of aromatic nitrogens is 2. The first-order valence-electron chi connectivity index (χ1n) is 5.78. The largest absolute Gasteiger partial charge is 0.375 e. The first-order valence-corrected chi connectivity index (χ1v) is 5.78. The lowest BCUT2D eigenvalue weighted by molar-refractivity contribution is 0.571. The number of nitrogens with zero attached hydrogens (tertiary/aromatic N) is 2. The highest BCUT2D eigenvalue weighted by atomic mass is 19.1. The molecular weight excluding hydrogens is 236 g/mol. The molecule has 1 aromatic carbocycles. The fraction of sp³-hybridized carbons (Fsp3) is 0.308. The van der Waals surface area contributed by atoms with Crippen LogP contribution in [-0.4, -0.2) is 9.55 Å². The Hall–Kier alpha value is -1.91. The Labute approximate surface area is 104 Å². The van der Waals surface area contributed by atoms with Crippen molar-refractivity contribution in [1.82, 2.24) is 9.55 Å². The Kier molecular flexibility index (Phi) is 3.60. The zero-order chi connectivity index (χ0) is 13.1. The molecule has 1 heterocycles. The normalized spacial score (nSPS) is 10.9. The molecule has 0 aliphatic rings. The number of imidazole rings is 1. The second-order valence-electron chi connectivity index (χ2n) is 4.34. The summed E-state index contributed by atoms with van der Waals surface area (Å²) in [5.74, 6) is -1.18. The molecule has 0 unspecified atom stereocenters. The maximum Gasteiger partial charge on any atom is 0.149 e. The molecule has 3 nitrogen and oxygen atoms in total. The summed E-state index contributed by atoms with van der Waals surface area (Å²) >= 11 is 0. The minimum atomic E-state index is -0.592. The number of hydrogen-bond acceptors (Lipinski definition) is 2. The van der Waals surface area contributed by atoms with Crippen molar-refractivity contribution in [2.45, 2.75) is 26.4 Å². The van der Waals surface area contributed by atoms with Gasteiger partial charge in [0.2, 0.25) is 0 Å². The molecule has 0 aliphatic heterocycles. The molecule has 1 N–H and O–H groups in total. The summed E-state index contributed by atoms with van der Waals surface area (Å²) in [6.45, 7) is 4.37. The van der Waals surface area contributed by atoms with Gasteiger partial charge in [-0.15, -0.1) is 0 Å². The first kappa shape index (κ1) is 12.5. The molecule has 5 heteroatoms. The van der Waals surface area contributed by atoms with Crippen molar-refractivity contribution >= 4 is 5.69 Å². The molecule has 0 bridgehead atoms. The van der Waals surface area contributed by atoms with E-state index in [0.29, 0.717) is 6.54 Å². The van der Waals surface area contributed by atoms with E-state index in [1.807, 2.05) is 18.4 Å². The highest BCUT2D eigenvalue weighted by Gasteiger charge is 2.10. The average molecular weight is 251 g/mol. The lowest BCUT2D eigenvalue weighted by atomic mass is 10.2. The second-order valence-corrected chi connectivity index (χ2v) is 4.34. The minimum Gasteiger partial charge on any atom is -0.375 e. The van der Waals surface area contributed by atoms with Crippen LogP contribution in [0.25, 0.3) is 0 Å². The molecule has 0 spiro atoms. The van der Waals surface area contributed by atoms with Gasteiger partial charge < -0.3 is 9.88 Å². The summed E-state index contributed by atoms with van der Waals surface area (Å²) in [7, 11) is 0. The van der Waals surface area contributed by atoms with Gasteiger partial charge in [-0.2, -0.15) is 0 Å². The molecular formula is C13H15F2N3. The summed E-state index contributed by atoms with van der Waals surface area (Å²) in [5.41, 5.74) is 0.779. The quantitative estimate of drug-likeness (QED) is 0.903. The fourth-order valence-corrected chi connectivity index (χ4v) is 1.78. The first-order chi connectivity index (χ1) is 8.59. The maximum atomic E-state index is 13.4. The highest BCUT2D eigenvalue weighted by Crippen LogP contribution is 2.19. The second kappa shape index (κ2) is 5.16. The Bertz CT molecular complexity index is 515. The molecule has 1 aromatic heterocycles. The molecule has 18 heavy (non-hydrogen) atoms. The van der Waals surface area contributed by atoms with Crippen LogP contribution in [0.1, 0.15) is 25.6 Å². The molecule has 96 valence electrons. The summed E-state index contributed by atoms with van der Waals surface area (Å²) in [4.78, 5) is 4.04. The van der Waals surface area contributed by atoms with Crippen LogP contribution in [0.4, 0.5) is 14.5 Å². The topological polar surface area (TPSA) is 29.9 Å². The van der Waals surface area contributed by atoms with Crippen LogP contribution in [-0.2, 0) is 6.54 Å². The van der Waals surface area contributed by atoms with Crippen molar-refractivity contribution in [2.75, 3.05) is 5.32 Å². The molecule has 0 radical (unpaired) electrons. The summed E-state index contributed by atoms with van der Waals surface area (Å²) in [6, 6.07) is 4.06. The van der Waals surface area contributed by atoms with Crippen LogP contribution in [0.5, 0.6) is 0 Å². The maximum absolute atomic E-state index is 13.4. The standard InChI is InChI=1S/C13H15F2N3/c1-9(2)18-8-16-6-10(18)7-17-13-11(14)4-3-5-12(13)15/h3-6,8-9,17H,7H2,1-2H3. The van der Waals surface area contributed by atoms with Crippen LogP contribution >= 0.6 is 0 Å². The summed E-state index contributed by atoms with van der Waals surface area (Å²) in [5, 5.41) is 2.77. The minimum absolute atomic E-state index is 0.103. The Morgan fingerprint density at radius 3 is 2.56 bits per heavy atom. The number of nitrogens with one attached hydrogen (secondary N) is 1. The Morgan fingerprint density at radius 2 is 1.94 bits per heavy atom. The number of rotatable bonds is 4. The van der Waals surface area contributed by atoms with E-state index >= 15 is 0 Å². The number of anilines is 1. The van der Waals surface area contributed by atoms with Gasteiger partial charge in [0.05, 0.1) is 18.6 Å². The van der Waals surface area contributed by atoms with Crippen LogP contribution in [0.15, 0.2) is 30.7 Å². The monoisotopic (exact) mass is 251 g/mol. The van der Waals surface area contributed by atoms with Crippen LogP contribution < -0.4 is 5.32 Å². The van der Waals surface area contributed by atoms with Gasteiger partial charge in [-0.1, -0.05) is 6.07 Å². The number of benzene rings is 1. The molecule has 0 amide bonds. The Morgan fingerprint density at radius 1 is 1.28 bits per heavy atom. The van der Waals surface area contributed by atoms with E-state index in [1.54, 1.807) is 12.5 Å². The van der Waals surface area contributed by atoms with Crippen LogP contribution in [0.2, 0.25) is 0 Å². The van der Waals surface area contributed by atoms with E-state index in [9.17, 15) is 8.78 Å². The average Bonchev–Trinajstić information content (AvgIpc) is 2.76. The third kappa shape index (κ3) is 2.50. The predicted octanol–water partition coefficient (Wildman–Crippen LogP) is 3.35. The van der Waals surface area contributed by atoms with Gasteiger partial charge in [0, 0.05) is 12.2 Å². The fourth-order valence-electron chi connectivity index (χ4n) is 1.78. The van der Waals surface area contributed by atoms with Gasteiger partial charge >= 0.3 is 0 Å². The van der Waals surface area contributed by atoms with Crippen molar-refractivity contribution in [3.05, 3.63) is 48.1 Å². The lowest BCUT2D eigenvalue weighted by Crippen LogP contribution is -2.10. The number of halogens is 2. The Balaban J connectivity index is 2.14. The van der Waals surface area contributed by atoms with Crippen molar-refractivity contribution in [1.29, 1.82) is 0 Å². The van der Waals surface area contributed by atoms with Gasteiger partial charge in [0.25, 0.3) is 0 Å². The SMILES string of the molecule is CC(C)n1cncc1CNc1c(F)cccc1F. The molecule has 0 atom stereocenters. The van der Waals surface area contributed by atoms with Gasteiger partial charge in [-0.05, 0) is 26.0 Å². The van der Waals surface area contributed by atoms with E-state index in [1.165, 1.54) is 18.2 Å². The zero-order valence-corrected chi connectivity index (χ0v) is 10.3. The van der Waals surface area contributed by atoms with E-state index in [4.69, 9.17) is 0 Å². The summed E-state index contributed by atoms with van der Waals surface area (Å²) < 4.78 is 28.8. The van der Waals surface area contributed by atoms with E-state index in [-0.39, 0.29) is 11.7 Å². The van der Waals surface area contributed by atoms with Crippen molar-refractivity contribution in [3.63, 3.8) is 0 Å². The predicted molar refractivity (Wildman–Crippen MR) is 66.3 cm³/mol. The van der Waals surface area contributed by atoms with Gasteiger partial charge in [-0.25, -0.2) is 13.8 Å². The molecule has 2 rings (SSSR count). The van der Waals surface area contributed by atoms with E-state index in [0.717, 1.165) is 5.69 Å².